The third kappa shape index (κ3) is 6.10. The average molecular weight is 512 g/mol. The molecule has 1 fully saturated rings. The fourth-order valence-corrected chi connectivity index (χ4v) is 6.02. The summed E-state index contributed by atoms with van der Waals surface area (Å²) in [7, 11) is 0. The standard InChI is InChI=1S/C33H45N5/c1-7-10-28(34)20-37-16-14-26(15-17-37)27-13-12-24(6)30(18-27)33(23(4)5)29(11-8-2)31-21-38-32(35-22-36-38)19-25(31)9-3/h7,10,12-13,18-19,21-23,26H,1,8-9,11,14-17,20,34H2,2-6H3/b28-10-,33-29+. The second-order valence-electron chi connectivity index (χ2n) is 11.0. The van der Waals surface area contributed by atoms with E-state index in [1.165, 1.54) is 39.0 Å². The van der Waals surface area contributed by atoms with E-state index in [2.05, 4.69) is 86.6 Å². The highest BCUT2D eigenvalue weighted by atomic mass is 15.3. The number of allylic oxidation sites excluding steroid dienone is 4. The molecule has 0 saturated carbocycles. The largest absolute Gasteiger partial charge is 0.401 e. The van der Waals surface area contributed by atoms with Crippen molar-refractivity contribution >= 4 is 16.8 Å². The van der Waals surface area contributed by atoms with Crippen LogP contribution in [-0.4, -0.2) is 39.1 Å². The highest BCUT2D eigenvalue weighted by Crippen LogP contribution is 2.40. The number of pyridine rings is 1. The Morgan fingerprint density at radius 2 is 1.92 bits per heavy atom. The van der Waals surface area contributed by atoms with Gasteiger partial charge in [0.05, 0.1) is 0 Å². The van der Waals surface area contributed by atoms with Gasteiger partial charge >= 0.3 is 0 Å². The number of likely N-dealkylation sites (tertiary alicyclic amines) is 1. The molecule has 0 aliphatic carbocycles. The Balaban J connectivity index is 1.73. The zero-order valence-corrected chi connectivity index (χ0v) is 24.0. The van der Waals surface area contributed by atoms with Gasteiger partial charge in [0.1, 0.15) is 6.33 Å². The van der Waals surface area contributed by atoms with Gasteiger partial charge in [-0.2, -0.15) is 5.10 Å². The number of rotatable bonds is 10. The van der Waals surface area contributed by atoms with E-state index in [0.717, 1.165) is 63.1 Å². The lowest BCUT2D eigenvalue weighted by Crippen LogP contribution is -2.35. The molecular weight excluding hydrogens is 466 g/mol. The fraction of sp³-hybridized carbons (Fsp3) is 0.455. The van der Waals surface area contributed by atoms with Gasteiger partial charge in [-0.3, -0.25) is 4.90 Å². The summed E-state index contributed by atoms with van der Waals surface area (Å²) in [5, 5.41) is 4.46. The lowest BCUT2D eigenvalue weighted by molar-refractivity contribution is 0.227. The van der Waals surface area contributed by atoms with Gasteiger partial charge in [-0.15, -0.1) is 0 Å². The topological polar surface area (TPSA) is 59.5 Å². The first-order chi connectivity index (χ1) is 18.4. The van der Waals surface area contributed by atoms with E-state index < -0.39 is 0 Å². The van der Waals surface area contributed by atoms with Crippen LogP contribution in [0.2, 0.25) is 0 Å². The molecule has 0 amide bonds. The van der Waals surface area contributed by atoms with Crippen molar-refractivity contribution in [2.45, 2.75) is 72.6 Å². The van der Waals surface area contributed by atoms with Gasteiger partial charge in [-0.1, -0.05) is 65.0 Å². The first-order valence-electron chi connectivity index (χ1n) is 14.3. The molecule has 38 heavy (non-hydrogen) atoms. The van der Waals surface area contributed by atoms with Crippen molar-refractivity contribution < 1.29 is 0 Å². The van der Waals surface area contributed by atoms with E-state index in [-0.39, 0.29) is 0 Å². The summed E-state index contributed by atoms with van der Waals surface area (Å²) in [5.74, 6) is 0.985. The SMILES string of the molecule is C=C/C=C(\N)CN1CCC(c2ccc(C)c(/C(=C(\CCC)c3cn4ncnc4cc3CC)C(C)C)c2)CC1. The number of nitrogens with two attached hydrogens (primary N) is 1. The van der Waals surface area contributed by atoms with E-state index >= 15 is 0 Å². The van der Waals surface area contributed by atoms with Gasteiger partial charge in [0.25, 0.3) is 0 Å². The van der Waals surface area contributed by atoms with Crippen LogP contribution in [0.3, 0.4) is 0 Å². The number of fused-ring (bicyclic) bond motifs is 1. The molecule has 0 unspecified atom stereocenters. The molecule has 1 saturated heterocycles. The predicted octanol–water partition coefficient (Wildman–Crippen LogP) is 7.18. The average Bonchev–Trinajstić information content (AvgIpc) is 3.36. The van der Waals surface area contributed by atoms with Crippen molar-refractivity contribution in [2.75, 3.05) is 19.6 Å². The van der Waals surface area contributed by atoms with Crippen LogP contribution >= 0.6 is 0 Å². The molecule has 5 heteroatoms. The zero-order valence-electron chi connectivity index (χ0n) is 24.0. The van der Waals surface area contributed by atoms with Crippen molar-refractivity contribution in [1.29, 1.82) is 0 Å². The fourth-order valence-electron chi connectivity index (χ4n) is 6.02. The molecule has 1 aliphatic heterocycles. The number of piperidine rings is 1. The molecule has 0 spiro atoms. The van der Waals surface area contributed by atoms with E-state index in [9.17, 15) is 0 Å². The number of hydrogen-bond acceptors (Lipinski definition) is 4. The summed E-state index contributed by atoms with van der Waals surface area (Å²) in [6.45, 7) is 18.2. The summed E-state index contributed by atoms with van der Waals surface area (Å²) >= 11 is 0. The van der Waals surface area contributed by atoms with Crippen LogP contribution in [0, 0.1) is 12.8 Å². The van der Waals surface area contributed by atoms with Crippen LogP contribution in [0.5, 0.6) is 0 Å². The summed E-state index contributed by atoms with van der Waals surface area (Å²) < 4.78 is 1.93. The van der Waals surface area contributed by atoms with Gasteiger partial charge in [-0.25, -0.2) is 9.50 Å². The molecule has 3 heterocycles. The molecule has 0 bridgehead atoms. The quantitative estimate of drug-likeness (QED) is 0.293. The van der Waals surface area contributed by atoms with Crippen molar-refractivity contribution in [2.24, 2.45) is 11.7 Å². The minimum absolute atomic E-state index is 0.406. The Hall–Kier alpha value is -3.18. The number of aromatic nitrogens is 3. The van der Waals surface area contributed by atoms with Crippen LogP contribution in [0.1, 0.15) is 87.1 Å². The molecule has 0 atom stereocenters. The second-order valence-corrected chi connectivity index (χ2v) is 11.0. The van der Waals surface area contributed by atoms with Crippen LogP contribution < -0.4 is 5.73 Å². The number of hydrogen-bond donors (Lipinski definition) is 1. The monoisotopic (exact) mass is 511 g/mol. The van der Waals surface area contributed by atoms with E-state index in [0.29, 0.717) is 11.8 Å². The minimum Gasteiger partial charge on any atom is -0.401 e. The lowest BCUT2D eigenvalue weighted by Gasteiger charge is -2.32. The second kappa shape index (κ2) is 12.6. The van der Waals surface area contributed by atoms with Crippen molar-refractivity contribution in [3.05, 3.63) is 89.0 Å². The maximum atomic E-state index is 6.14. The molecule has 1 aromatic carbocycles. The number of aryl methyl sites for hydroxylation is 2. The number of nitrogens with zero attached hydrogens (tertiary/aromatic N) is 4. The molecule has 0 radical (unpaired) electrons. The zero-order chi connectivity index (χ0) is 27.2. The molecular formula is C33H45N5. The first kappa shape index (κ1) is 27.8. The lowest BCUT2D eigenvalue weighted by atomic mass is 9.80. The maximum absolute atomic E-state index is 6.14. The highest BCUT2D eigenvalue weighted by Gasteiger charge is 2.24. The Bertz CT molecular complexity index is 1320. The van der Waals surface area contributed by atoms with Crippen molar-refractivity contribution in [3.63, 3.8) is 0 Å². The van der Waals surface area contributed by atoms with Crippen LogP contribution in [-0.2, 0) is 6.42 Å². The predicted molar refractivity (Wildman–Crippen MR) is 161 cm³/mol. The molecule has 5 nitrogen and oxygen atoms in total. The van der Waals surface area contributed by atoms with Crippen molar-refractivity contribution in [3.8, 4) is 0 Å². The smallest absolute Gasteiger partial charge is 0.155 e. The van der Waals surface area contributed by atoms with E-state index in [1.54, 1.807) is 12.4 Å². The third-order valence-electron chi connectivity index (χ3n) is 7.96. The summed E-state index contributed by atoms with van der Waals surface area (Å²) in [6, 6.07) is 9.42. The first-order valence-corrected chi connectivity index (χ1v) is 14.3. The molecule has 3 aromatic rings. The Labute approximate surface area is 229 Å². The Morgan fingerprint density at radius 1 is 1.16 bits per heavy atom. The van der Waals surface area contributed by atoms with Gasteiger partial charge in [0, 0.05) is 18.4 Å². The van der Waals surface area contributed by atoms with Gasteiger partial charge < -0.3 is 5.73 Å². The van der Waals surface area contributed by atoms with Gasteiger partial charge in [0.2, 0.25) is 0 Å². The van der Waals surface area contributed by atoms with Crippen LogP contribution in [0.15, 0.2) is 61.2 Å². The highest BCUT2D eigenvalue weighted by molar-refractivity contribution is 5.93. The summed E-state index contributed by atoms with van der Waals surface area (Å²) in [5.41, 5.74) is 17.8. The Morgan fingerprint density at radius 3 is 2.58 bits per heavy atom. The van der Waals surface area contributed by atoms with E-state index in [4.69, 9.17) is 5.73 Å². The minimum atomic E-state index is 0.406. The van der Waals surface area contributed by atoms with Crippen molar-refractivity contribution in [1.82, 2.24) is 19.5 Å². The molecule has 1 aliphatic rings. The Kier molecular flexibility index (Phi) is 9.22. The van der Waals surface area contributed by atoms with Gasteiger partial charge in [0.15, 0.2) is 5.65 Å². The number of benzene rings is 1. The third-order valence-corrected chi connectivity index (χ3v) is 7.96. The molecule has 202 valence electrons. The maximum Gasteiger partial charge on any atom is 0.155 e. The summed E-state index contributed by atoms with van der Waals surface area (Å²) in [6.07, 6.45) is 13.0. The van der Waals surface area contributed by atoms with Crippen LogP contribution in [0.4, 0.5) is 0 Å². The van der Waals surface area contributed by atoms with Gasteiger partial charge in [-0.05, 0) is 109 Å². The summed E-state index contributed by atoms with van der Waals surface area (Å²) in [4.78, 5) is 6.90. The van der Waals surface area contributed by atoms with Crippen LogP contribution in [0.25, 0.3) is 16.8 Å². The molecule has 4 rings (SSSR count). The molecule has 2 N–H and O–H groups in total. The normalized spacial score (nSPS) is 16.3. The molecule has 2 aromatic heterocycles. The van der Waals surface area contributed by atoms with E-state index in [1.807, 2.05) is 10.6 Å².